The average Bonchev–Trinajstić information content (AvgIpc) is 2.25. The van der Waals surface area contributed by atoms with Crippen molar-refractivity contribution in [1.82, 2.24) is 5.32 Å². The Balaban J connectivity index is 4.31. The summed E-state index contributed by atoms with van der Waals surface area (Å²) >= 11 is 16.6. The molecule has 0 radical (unpaired) electrons. The Bertz CT molecular complexity index is 456. The van der Waals surface area contributed by atoms with E-state index >= 15 is 0 Å². The van der Waals surface area contributed by atoms with E-state index in [0.717, 1.165) is 6.42 Å². The number of unbranched alkanes of at least 4 members (excludes halogenated alkanes) is 2. The number of amides is 1. The van der Waals surface area contributed by atoms with Gasteiger partial charge in [0.2, 0.25) is 9.70 Å². The van der Waals surface area contributed by atoms with Crippen LogP contribution >= 0.6 is 34.8 Å². The molecule has 0 aliphatic rings. The van der Waals surface area contributed by atoms with Crippen LogP contribution in [-0.2, 0) is 19.3 Å². The van der Waals surface area contributed by atoms with Crippen molar-refractivity contribution < 1.29 is 17.4 Å². The first-order valence-electron chi connectivity index (χ1n) is 5.54. The van der Waals surface area contributed by atoms with Gasteiger partial charge in [0, 0.05) is 13.0 Å². The van der Waals surface area contributed by atoms with Crippen LogP contribution in [0.4, 0.5) is 0 Å². The number of nitrogens with two attached hydrogens (primary N) is 1. The highest BCUT2D eigenvalue weighted by atomic mass is 35.6. The predicted octanol–water partition coefficient (Wildman–Crippen LogP) is 1.26. The standard InChI is InChI=1S/C10H15Cl3N2O4S/c1-2-3-4-5-6-15-9(16)7-8(10(11,12)13)19-20(14,17)18/h1,8H,3-7H2,(H,15,16)(H2,14,17,18)/t8-/m1/s1. The van der Waals surface area contributed by atoms with E-state index < -0.39 is 32.5 Å². The number of halogens is 3. The SMILES string of the molecule is C#CCCCCNC(=O)C[C@@H](OS(N)(=O)=O)C(Cl)(Cl)Cl. The largest absolute Gasteiger partial charge is 0.356 e. The molecule has 0 aromatic carbocycles. The zero-order chi connectivity index (χ0) is 15.8. The zero-order valence-corrected chi connectivity index (χ0v) is 13.5. The maximum atomic E-state index is 11.6. The molecule has 10 heteroatoms. The topological polar surface area (TPSA) is 98.5 Å². The Labute approximate surface area is 133 Å². The summed E-state index contributed by atoms with van der Waals surface area (Å²) in [5.74, 6) is 1.95. The number of alkyl halides is 3. The molecule has 116 valence electrons. The average molecular weight is 366 g/mol. The Morgan fingerprint density at radius 3 is 2.45 bits per heavy atom. The summed E-state index contributed by atoms with van der Waals surface area (Å²) in [5.41, 5.74) is 0. The molecule has 1 atom stereocenters. The summed E-state index contributed by atoms with van der Waals surface area (Å²) in [5, 5.41) is 7.22. The highest BCUT2D eigenvalue weighted by Crippen LogP contribution is 2.34. The summed E-state index contributed by atoms with van der Waals surface area (Å²) in [7, 11) is -4.34. The van der Waals surface area contributed by atoms with Gasteiger partial charge < -0.3 is 5.32 Å². The van der Waals surface area contributed by atoms with E-state index in [4.69, 9.17) is 41.2 Å². The molecular formula is C10H15Cl3N2O4S. The lowest BCUT2D eigenvalue weighted by molar-refractivity contribution is -0.122. The summed E-state index contributed by atoms with van der Waals surface area (Å²) in [6.07, 6.45) is 5.17. The van der Waals surface area contributed by atoms with Crippen LogP contribution in [0.15, 0.2) is 0 Å². The van der Waals surface area contributed by atoms with E-state index in [-0.39, 0.29) is 0 Å². The van der Waals surface area contributed by atoms with Gasteiger partial charge in [0.15, 0.2) is 0 Å². The second-order valence-electron chi connectivity index (χ2n) is 3.83. The lowest BCUT2D eigenvalue weighted by Crippen LogP contribution is -2.39. The van der Waals surface area contributed by atoms with Crippen molar-refractivity contribution in [2.24, 2.45) is 5.14 Å². The second-order valence-corrected chi connectivity index (χ2v) is 7.38. The molecular weight excluding hydrogens is 351 g/mol. The van der Waals surface area contributed by atoms with Crippen molar-refractivity contribution in [2.75, 3.05) is 6.54 Å². The van der Waals surface area contributed by atoms with Gasteiger partial charge in [-0.15, -0.1) is 12.3 Å². The molecule has 0 spiro atoms. The molecule has 0 fully saturated rings. The number of hydrogen-bond donors (Lipinski definition) is 2. The zero-order valence-electron chi connectivity index (χ0n) is 10.4. The van der Waals surface area contributed by atoms with Gasteiger partial charge in [-0.1, -0.05) is 34.8 Å². The molecule has 0 saturated carbocycles. The van der Waals surface area contributed by atoms with Gasteiger partial charge in [0.05, 0.1) is 6.42 Å². The number of carbonyl (C=O) groups excluding carboxylic acids is 1. The molecule has 20 heavy (non-hydrogen) atoms. The molecule has 0 aliphatic heterocycles. The summed E-state index contributed by atoms with van der Waals surface area (Å²) in [4.78, 5) is 11.6. The fraction of sp³-hybridized carbons (Fsp3) is 0.700. The van der Waals surface area contributed by atoms with Gasteiger partial charge >= 0.3 is 10.3 Å². The van der Waals surface area contributed by atoms with Crippen LogP contribution in [0.2, 0.25) is 0 Å². The van der Waals surface area contributed by atoms with E-state index in [0.29, 0.717) is 19.4 Å². The molecule has 0 saturated heterocycles. The molecule has 3 N–H and O–H groups in total. The van der Waals surface area contributed by atoms with Gasteiger partial charge in [-0.05, 0) is 12.8 Å². The van der Waals surface area contributed by atoms with Gasteiger partial charge in [0.1, 0.15) is 6.10 Å². The minimum absolute atomic E-state index is 0.377. The van der Waals surface area contributed by atoms with E-state index in [1.165, 1.54) is 0 Å². The van der Waals surface area contributed by atoms with Gasteiger partial charge in [-0.25, -0.2) is 9.32 Å². The van der Waals surface area contributed by atoms with Crippen molar-refractivity contribution in [3.05, 3.63) is 0 Å². The van der Waals surface area contributed by atoms with Crippen LogP contribution < -0.4 is 10.5 Å². The maximum Gasteiger partial charge on any atom is 0.333 e. The van der Waals surface area contributed by atoms with E-state index in [2.05, 4.69) is 20.6 Å². The number of terminal acetylenes is 1. The molecule has 0 unspecified atom stereocenters. The fourth-order valence-electron chi connectivity index (χ4n) is 1.19. The molecule has 1 amide bonds. The van der Waals surface area contributed by atoms with Crippen molar-refractivity contribution in [2.45, 2.75) is 35.6 Å². The molecule has 0 aliphatic carbocycles. The maximum absolute atomic E-state index is 11.6. The molecule has 6 nitrogen and oxygen atoms in total. The number of rotatable bonds is 8. The monoisotopic (exact) mass is 364 g/mol. The van der Waals surface area contributed by atoms with E-state index in [1.807, 2.05) is 0 Å². The minimum atomic E-state index is -4.34. The Kier molecular flexibility index (Phi) is 8.82. The van der Waals surface area contributed by atoms with Gasteiger partial charge in [-0.3, -0.25) is 4.79 Å². The first-order valence-corrected chi connectivity index (χ1v) is 8.14. The summed E-state index contributed by atoms with van der Waals surface area (Å²) < 4.78 is 23.9. The molecule has 0 rings (SSSR count). The normalized spacial score (nSPS) is 13.6. The smallest absolute Gasteiger partial charge is 0.333 e. The summed E-state index contributed by atoms with van der Waals surface area (Å²) in [6, 6.07) is 0. The first kappa shape index (κ1) is 19.8. The number of hydrogen-bond acceptors (Lipinski definition) is 4. The third kappa shape index (κ3) is 10.5. The van der Waals surface area contributed by atoms with Crippen molar-refractivity contribution in [3.8, 4) is 12.3 Å². The number of carbonyl (C=O) groups is 1. The van der Waals surface area contributed by atoms with Crippen LogP contribution in [0.5, 0.6) is 0 Å². The highest BCUT2D eigenvalue weighted by molar-refractivity contribution is 7.84. The van der Waals surface area contributed by atoms with Crippen LogP contribution in [-0.4, -0.2) is 30.8 Å². The molecule has 0 bridgehead atoms. The predicted molar refractivity (Wildman–Crippen MR) is 78.6 cm³/mol. The van der Waals surface area contributed by atoms with Crippen LogP contribution in [0.1, 0.15) is 25.7 Å². The lowest BCUT2D eigenvalue weighted by atomic mass is 10.2. The quantitative estimate of drug-likeness (QED) is 0.384. The van der Waals surface area contributed by atoms with E-state index in [9.17, 15) is 13.2 Å². The molecule has 0 heterocycles. The van der Waals surface area contributed by atoms with E-state index in [1.54, 1.807) is 0 Å². The third-order valence-corrected chi connectivity index (χ3v) is 3.29. The number of nitrogens with one attached hydrogen (secondary N) is 1. The van der Waals surface area contributed by atoms with Crippen molar-refractivity contribution in [3.63, 3.8) is 0 Å². The molecule has 0 aromatic heterocycles. The minimum Gasteiger partial charge on any atom is -0.356 e. The van der Waals surface area contributed by atoms with Crippen molar-refractivity contribution in [1.29, 1.82) is 0 Å². The summed E-state index contributed by atoms with van der Waals surface area (Å²) in [6.45, 7) is 0.377. The third-order valence-electron chi connectivity index (χ3n) is 2.06. The van der Waals surface area contributed by atoms with Crippen LogP contribution in [0.3, 0.4) is 0 Å². The fourth-order valence-corrected chi connectivity index (χ4v) is 2.25. The van der Waals surface area contributed by atoms with Gasteiger partial charge in [-0.2, -0.15) is 8.42 Å². The van der Waals surface area contributed by atoms with Crippen LogP contribution in [0, 0.1) is 12.3 Å². The first-order chi connectivity index (χ1) is 9.06. The highest BCUT2D eigenvalue weighted by Gasteiger charge is 2.38. The Hall–Kier alpha value is -0.230. The van der Waals surface area contributed by atoms with Gasteiger partial charge in [0.25, 0.3) is 0 Å². The second kappa shape index (κ2) is 8.93. The Morgan fingerprint density at radius 1 is 1.40 bits per heavy atom. The Morgan fingerprint density at radius 2 is 2.00 bits per heavy atom. The van der Waals surface area contributed by atoms with Crippen molar-refractivity contribution >= 4 is 51.0 Å². The molecule has 0 aromatic rings. The van der Waals surface area contributed by atoms with Crippen LogP contribution in [0.25, 0.3) is 0 Å². The lowest BCUT2D eigenvalue weighted by Gasteiger charge is -2.22.